The van der Waals surface area contributed by atoms with Crippen LogP contribution in [-0.4, -0.2) is 19.0 Å². The van der Waals surface area contributed by atoms with Crippen LogP contribution < -0.4 is 16.0 Å². The fourth-order valence-corrected chi connectivity index (χ4v) is 3.16. The molecule has 0 unspecified atom stereocenters. The number of piperidine rings is 1. The first-order chi connectivity index (χ1) is 11.8. The maximum atomic E-state index is 13.1. The summed E-state index contributed by atoms with van der Waals surface area (Å²) < 4.78 is 0. The molecule has 0 atom stereocenters. The lowest BCUT2D eigenvalue weighted by Crippen LogP contribution is -2.40. The van der Waals surface area contributed by atoms with Crippen molar-refractivity contribution in [1.82, 2.24) is 5.32 Å². The van der Waals surface area contributed by atoms with E-state index in [0.717, 1.165) is 42.7 Å². The number of nitrogens with one attached hydrogen (secondary N) is 1. The molecule has 0 radical (unpaired) electrons. The first kappa shape index (κ1) is 16.7. The number of benzene rings is 2. The van der Waals surface area contributed by atoms with E-state index in [-0.39, 0.29) is 11.8 Å². The van der Waals surface area contributed by atoms with Gasteiger partial charge in [-0.1, -0.05) is 42.5 Å². The van der Waals surface area contributed by atoms with Gasteiger partial charge >= 0.3 is 0 Å². The highest BCUT2D eigenvalue weighted by molar-refractivity contribution is 5.95. The molecular weight excluding hydrogens is 298 g/mol. The third-order valence-corrected chi connectivity index (χ3v) is 4.62. The van der Waals surface area contributed by atoms with Gasteiger partial charge in [0.2, 0.25) is 5.91 Å². The number of rotatable bonds is 5. The van der Waals surface area contributed by atoms with Crippen molar-refractivity contribution >= 4 is 11.6 Å². The fourth-order valence-electron chi connectivity index (χ4n) is 3.16. The molecule has 0 spiro atoms. The smallest absolute Gasteiger partial charge is 0.230 e. The number of carbonyl (C=O) groups excluding carboxylic acids is 1. The van der Waals surface area contributed by atoms with Crippen molar-refractivity contribution in [3.8, 4) is 0 Å². The molecule has 1 aliphatic rings. The predicted octanol–water partition coefficient (Wildman–Crippen LogP) is 2.68. The summed E-state index contributed by atoms with van der Waals surface area (Å²) >= 11 is 0. The average Bonchev–Trinajstić information content (AvgIpc) is 2.67. The molecule has 1 heterocycles. The van der Waals surface area contributed by atoms with Crippen LogP contribution in [0.2, 0.25) is 0 Å². The standard InChI is InChI=1S/C20H25N3O/c21-14-16-6-8-19(9-7-16)23(15-17-4-2-1-3-5-17)20(24)18-10-12-22-13-11-18/h1-9,18,22H,10-15,21H2. The van der Waals surface area contributed by atoms with E-state index in [4.69, 9.17) is 5.73 Å². The summed E-state index contributed by atoms with van der Waals surface area (Å²) in [4.78, 5) is 15.1. The summed E-state index contributed by atoms with van der Waals surface area (Å²) in [5.74, 6) is 0.324. The Morgan fingerprint density at radius 3 is 2.29 bits per heavy atom. The van der Waals surface area contributed by atoms with E-state index in [1.165, 1.54) is 0 Å². The minimum Gasteiger partial charge on any atom is -0.326 e. The van der Waals surface area contributed by atoms with Crippen LogP contribution in [0.3, 0.4) is 0 Å². The van der Waals surface area contributed by atoms with Crippen molar-refractivity contribution in [2.45, 2.75) is 25.9 Å². The Bertz CT molecular complexity index is 648. The molecule has 4 nitrogen and oxygen atoms in total. The second kappa shape index (κ2) is 8.08. The Balaban J connectivity index is 1.85. The largest absolute Gasteiger partial charge is 0.326 e. The second-order valence-corrected chi connectivity index (χ2v) is 6.30. The molecule has 1 amide bonds. The summed E-state index contributed by atoms with van der Waals surface area (Å²) in [5, 5.41) is 3.33. The third-order valence-electron chi connectivity index (χ3n) is 4.62. The van der Waals surface area contributed by atoms with Crippen LogP contribution in [0.5, 0.6) is 0 Å². The van der Waals surface area contributed by atoms with Crippen molar-refractivity contribution in [2.24, 2.45) is 11.7 Å². The van der Waals surface area contributed by atoms with Gasteiger partial charge in [0.25, 0.3) is 0 Å². The summed E-state index contributed by atoms with van der Waals surface area (Å²) in [5.41, 5.74) is 8.85. The van der Waals surface area contributed by atoms with Gasteiger partial charge in [-0.15, -0.1) is 0 Å². The average molecular weight is 323 g/mol. The predicted molar refractivity (Wildman–Crippen MR) is 97.6 cm³/mol. The van der Waals surface area contributed by atoms with Crippen LogP contribution in [0.25, 0.3) is 0 Å². The van der Waals surface area contributed by atoms with Gasteiger partial charge in [0, 0.05) is 18.2 Å². The zero-order valence-corrected chi connectivity index (χ0v) is 13.9. The Morgan fingerprint density at radius 2 is 1.67 bits per heavy atom. The normalized spacial score (nSPS) is 15.2. The van der Waals surface area contributed by atoms with Crippen LogP contribution in [0.1, 0.15) is 24.0 Å². The zero-order valence-electron chi connectivity index (χ0n) is 13.9. The lowest BCUT2D eigenvalue weighted by molar-refractivity contribution is -0.123. The Hall–Kier alpha value is -2.17. The molecule has 24 heavy (non-hydrogen) atoms. The van der Waals surface area contributed by atoms with E-state index in [1.54, 1.807) is 0 Å². The first-order valence-corrected chi connectivity index (χ1v) is 8.63. The van der Waals surface area contributed by atoms with Crippen LogP contribution in [-0.2, 0) is 17.9 Å². The van der Waals surface area contributed by atoms with Gasteiger partial charge in [0.05, 0.1) is 6.54 Å². The third kappa shape index (κ3) is 4.02. The highest BCUT2D eigenvalue weighted by Gasteiger charge is 2.27. The Kier molecular flexibility index (Phi) is 5.62. The van der Waals surface area contributed by atoms with E-state index >= 15 is 0 Å². The minimum absolute atomic E-state index is 0.101. The van der Waals surface area contributed by atoms with E-state index in [9.17, 15) is 4.79 Å². The molecular formula is C20H25N3O. The second-order valence-electron chi connectivity index (χ2n) is 6.30. The van der Waals surface area contributed by atoms with Crippen molar-refractivity contribution in [2.75, 3.05) is 18.0 Å². The van der Waals surface area contributed by atoms with Gasteiger partial charge in [-0.2, -0.15) is 0 Å². The fraction of sp³-hybridized carbons (Fsp3) is 0.350. The SMILES string of the molecule is NCc1ccc(N(Cc2ccccc2)C(=O)C2CCNCC2)cc1. The molecule has 2 aromatic rings. The van der Waals surface area contributed by atoms with Crippen LogP contribution in [0.4, 0.5) is 5.69 Å². The van der Waals surface area contributed by atoms with Crippen molar-refractivity contribution < 1.29 is 4.79 Å². The molecule has 2 aromatic carbocycles. The van der Waals surface area contributed by atoms with E-state index < -0.39 is 0 Å². The van der Waals surface area contributed by atoms with Crippen LogP contribution in [0, 0.1) is 5.92 Å². The number of anilines is 1. The number of hydrogen-bond acceptors (Lipinski definition) is 3. The Labute approximate surface area is 143 Å². The molecule has 4 heteroatoms. The molecule has 1 fully saturated rings. The van der Waals surface area contributed by atoms with E-state index in [1.807, 2.05) is 47.4 Å². The molecule has 0 saturated carbocycles. The minimum atomic E-state index is 0.101. The lowest BCUT2D eigenvalue weighted by Gasteiger charge is -2.30. The molecule has 1 saturated heterocycles. The number of hydrogen-bond donors (Lipinski definition) is 2. The lowest BCUT2D eigenvalue weighted by atomic mass is 9.96. The molecule has 3 N–H and O–H groups in total. The van der Waals surface area contributed by atoms with Gasteiger partial charge < -0.3 is 16.0 Å². The number of carbonyl (C=O) groups is 1. The van der Waals surface area contributed by atoms with Gasteiger partial charge in [-0.05, 0) is 49.2 Å². The highest BCUT2D eigenvalue weighted by atomic mass is 16.2. The van der Waals surface area contributed by atoms with Gasteiger partial charge in [-0.3, -0.25) is 4.79 Å². The zero-order chi connectivity index (χ0) is 16.8. The summed E-state index contributed by atoms with van der Waals surface area (Å²) in [6, 6.07) is 18.2. The maximum absolute atomic E-state index is 13.1. The first-order valence-electron chi connectivity index (χ1n) is 8.63. The number of amides is 1. The Morgan fingerprint density at radius 1 is 1.00 bits per heavy atom. The quantitative estimate of drug-likeness (QED) is 0.889. The van der Waals surface area contributed by atoms with Gasteiger partial charge in [-0.25, -0.2) is 0 Å². The summed E-state index contributed by atoms with van der Waals surface area (Å²) in [6.07, 6.45) is 1.82. The molecule has 3 rings (SSSR count). The molecule has 0 aromatic heterocycles. The highest BCUT2D eigenvalue weighted by Crippen LogP contribution is 2.24. The molecule has 126 valence electrons. The summed E-state index contributed by atoms with van der Waals surface area (Å²) in [6.45, 7) is 2.95. The van der Waals surface area contributed by atoms with Crippen LogP contribution >= 0.6 is 0 Å². The van der Waals surface area contributed by atoms with E-state index in [0.29, 0.717) is 13.1 Å². The number of nitrogens with zero attached hydrogens (tertiary/aromatic N) is 1. The van der Waals surface area contributed by atoms with Gasteiger partial charge in [0.15, 0.2) is 0 Å². The summed E-state index contributed by atoms with van der Waals surface area (Å²) in [7, 11) is 0. The number of nitrogens with two attached hydrogens (primary N) is 1. The van der Waals surface area contributed by atoms with Crippen molar-refractivity contribution in [3.05, 3.63) is 65.7 Å². The van der Waals surface area contributed by atoms with E-state index in [2.05, 4.69) is 17.4 Å². The topological polar surface area (TPSA) is 58.4 Å². The molecule has 0 aliphatic carbocycles. The monoisotopic (exact) mass is 323 g/mol. The van der Waals surface area contributed by atoms with Crippen LogP contribution in [0.15, 0.2) is 54.6 Å². The van der Waals surface area contributed by atoms with Crippen molar-refractivity contribution in [1.29, 1.82) is 0 Å². The molecule has 1 aliphatic heterocycles. The van der Waals surface area contributed by atoms with Crippen molar-refractivity contribution in [3.63, 3.8) is 0 Å². The molecule has 0 bridgehead atoms. The van der Waals surface area contributed by atoms with Gasteiger partial charge in [0.1, 0.15) is 0 Å². The maximum Gasteiger partial charge on any atom is 0.230 e.